The first kappa shape index (κ1) is 16.4. The molecule has 1 aromatic heterocycles. The number of carbonyl (C=O) groups is 1. The van der Waals surface area contributed by atoms with E-state index >= 15 is 0 Å². The molecule has 21 heavy (non-hydrogen) atoms. The van der Waals surface area contributed by atoms with Crippen LogP contribution in [0.3, 0.4) is 0 Å². The van der Waals surface area contributed by atoms with E-state index in [-0.39, 0.29) is 27.9 Å². The second kappa shape index (κ2) is 5.65. The van der Waals surface area contributed by atoms with Crippen LogP contribution in [0, 0.1) is 12.3 Å². The van der Waals surface area contributed by atoms with E-state index in [0.29, 0.717) is 0 Å². The van der Waals surface area contributed by atoms with Gasteiger partial charge >= 0.3 is 0 Å². The first-order valence-electron chi connectivity index (χ1n) is 6.94. The maximum atomic E-state index is 12.2. The largest absolute Gasteiger partial charge is 0.455 e. The minimum atomic E-state index is -3.90. The third kappa shape index (κ3) is 4.01. The van der Waals surface area contributed by atoms with E-state index in [9.17, 15) is 13.2 Å². The minimum Gasteiger partial charge on any atom is -0.455 e. The zero-order valence-electron chi connectivity index (χ0n) is 12.4. The summed E-state index contributed by atoms with van der Waals surface area (Å²) in [5.41, 5.74) is 0.208. The number of amides is 1. The monoisotopic (exact) mass is 333 g/mol. The fraction of sp³-hybridized carbons (Fsp3) is 0.643. The van der Waals surface area contributed by atoms with E-state index in [0.717, 1.165) is 25.7 Å². The van der Waals surface area contributed by atoms with Crippen LogP contribution < -0.4 is 5.32 Å². The molecule has 1 atom stereocenters. The van der Waals surface area contributed by atoms with Crippen LogP contribution in [0.2, 0.25) is 0 Å². The summed E-state index contributed by atoms with van der Waals surface area (Å²) in [6.07, 6.45) is 4.04. The lowest BCUT2D eigenvalue weighted by Gasteiger charge is -2.35. The van der Waals surface area contributed by atoms with Gasteiger partial charge in [-0.3, -0.25) is 4.79 Å². The van der Waals surface area contributed by atoms with E-state index in [2.05, 4.69) is 19.2 Å². The van der Waals surface area contributed by atoms with E-state index in [1.165, 1.54) is 13.0 Å². The van der Waals surface area contributed by atoms with Crippen molar-refractivity contribution in [2.24, 2.45) is 5.41 Å². The van der Waals surface area contributed by atoms with Gasteiger partial charge in [-0.05, 0) is 31.6 Å². The average molecular weight is 334 g/mol. The summed E-state index contributed by atoms with van der Waals surface area (Å²) in [6, 6.07) is 1.27. The molecule has 0 spiro atoms. The van der Waals surface area contributed by atoms with Crippen LogP contribution in [0.1, 0.15) is 55.8 Å². The maximum absolute atomic E-state index is 12.2. The van der Waals surface area contributed by atoms with Crippen LogP contribution in [0.15, 0.2) is 15.4 Å². The van der Waals surface area contributed by atoms with E-state index in [1.807, 2.05) is 0 Å². The lowest BCUT2D eigenvalue weighted by molar-refractivity contribution is 0.0873. The molecule has 1 N–H and O–H groups in total. The number of rotatable bonds is 3. The molecular weight excluding hydrogens is 314 g/mol. The minimum absolute atomic E-state index is 0.0184. The first-order valence-corrected chi connectivity index (χ1v) is 9.25. The van der Waals surface area contributed by atoms with Gasteiger partial charge in [-0.25, -0.2) is 8.42 Å². The summed E-state index contributed by atoms with van der Waals surface area (Å²) < 4.78 is 27.9. The number of hydrogen-bond acceptors (Lipinski definition) is 4. The highest BCUT2D eigenvalue weighted by Gasteiger charge is 2.30. The van der Waals surface area contributed by atoms with Crippen molar-refractivity contribution in [3.63, 3.8) is 0 Å². The van der Waals surface area contributed by atoms with Crippen LogP contribution in [0.5, 0.6) is 0 Å². The SMILES string of the molecule is Cc1oc(C(=O)NC2CCCC(C)(C)C2)cc1S(=O)(=O)Cl. The van der Waals surface area contributed by atoms with Crippen molar-refractivity contribution in [1.29, 1.82) is 0 Å². The Balaban J connectivity index is 2.11. The van der Waals surface area contributed by atoms with Crippen LogP contribution >= 0.6 is 10.7 Å². The first-order chi connectivity index (χ1) is 9.58. The molecule has 1 heterocycles. The van der Waals surface area contributed by atoms with Crippen LogP contribution in [-0.2, 0) is 9.05 Å². The molecule has 1 aliphatic carbocycles. The average Bonchev–Trinajstić information content (AvgIpc) is 2.69. The Kier molecular flexibility index (Phi) is 4.40. The second-order valence-electron chi connectivity index (χ2n) is 6.40. The van der Waals surface area contributed by atoms with Gasteiger partial charge in [-0.15, -0.1) is 0 Å². The predicted octanol–water partition coefficient (Wildman–Crippen LogP) is 3.21. The number of hydrogen-bond donors (Lipinski definition) is 1. The van der Waals surface area contributed by atoms with Gasteiger partial charge in [-0.1, -0.05) is 20.3 Å². The lowest BCUT2D eigenvalue weighted by Crippen LogP contribution is -2.40. The maximum Gasteiger partial charge on any atom is 0.287 e. The molecule has 7 heteroatoms. The molecule has 0 saturated heterocycles. The molecule has 2 rings (SSSR count). The van der Waals surface area contributed by atoms with E-state index < -0.39 is 15.0 Å². The van der Waals surface area contributed by atoms with Crippen LogP contribution in [0.4, 0.5) is 0 Å². The number of nitrogens with one attached hydrogen (secondary N) is 1. The van der Waals surface area contributed by atoms with E-state index in [4.69, 9.17) is 15.1 Å². The Bertz CT molecular complexity index is 648. The fourth-order valence-electron chi connectivity index (χ4n) is 2.90. The molecule has 0 aliphatic heterocycles. The third-order valence-electron chi connectivity index (χ3n) is 3.90. The molecule has 1 unspecified atom stereocenters. The summed E-state index contributed by atoms with van der Waals surface area (Å²) in [7, 11) is 1.39. The summed E-state index contributed by atoms with van der Waals surface area (Å²) in [4.78, 5) is 12.0. The number of carbonyl (C=O) groups excluding carboxylic acids is 1. The zero-order valence-corrected chi connectivity index (χ0v) is 14.0. The number of aryl methyl sites for hydroxylation is 1. The predicted molar refractivity (Wildman–Crippen MR) is 80.0 cm³/mol. The topological polar surface area (TPSA) is 76.4 Å². The normalized spacial score (nSPS) is 22.0. The van der Waals surface area contributed by atoms with E-state index in [1.54, 1.807) is 0 Å². The second-order valence-corrected chi connectivity index (χ2v) is 8.93. The summed E-state index contributed by atoms with van der Waals surface area (Å²) in [6.45, 7) is 5.83. The highest BCUT2D eigenvalue weighted by atomic mass is 35.7. The Hall–Kier alpha value is -1.01. The molecule has 1 fully saturated rings. The Labute approximate surface area is 129 Å². The summed E-state index contributed by atoms with van der Waals surface area (Å²) >= 11 is 0. The van der Waals surface area contributed by atoms with Gasteiger partial charge in [0.25, 0.3) is 15.0 Å². The third-order valence-corrected chi connectivity index (χ3v) is 5.33. The zero-order chi connectivity index (χ0) is 15.8. The molecule has 1 saturated carbocycles. The summed E-state index contributed by atoms with van der Waals surface area (Å²) in [5.74, 6) is -0.290. The smallest absolute Gasteiger partial charge is 0.287 e. The molecule has 0 aromatic carbocycles. The van der Waals surface area contributed by atoms with Gasteiger partial charge in [0.1, 0.15) is 10.7 Å². The van der Waals surface area contributed by atoms with Crippen molar-refractivity contribution < 1.29 is 17.6 Å². The highest BCUT2D eigenvalue weighted by molar-refractivity contribution is 8.13. The molecule has 1 amide bonds. The van der Waals surface area contributed by atoms with Crippen molar-refractivity contribution in [2.45, 2.75) is 57.4 Å². The molecule has 5 nitrogen and oxygen atoms in total. The van der Waals surface area contributed by atoms with Crippen molar-refractivity contribution >= 4 is 25.6 Å². The highest BCUT2D eigenvalue weighted by Crippen LogP contribution is 2.35. The standard InChI is InChI=1S/C14H20ClNO4S/c1-9-12(21(15,18)19)7-11(20-9)13(17)16-10-5-4-6-14(2,3)8-10/h7,10H,4-6,8H2,1-3H3,(H,16,17). The van der Waals surface area contributed by atoms with Gasteiger partial charge in [0, 0.05) is 22.8 Å². The van der Waals surface area contributed by atoms with Gasteiger partial charge < -0.3 is 9.73 Å². The van der Waals surface area contributed by atoms with Gasteiger partial charge in [-0.2, -0.15) is 0 Å². The Morgan fingerprint density at radius 1 is 1.48 bits per heavy atom. The van der Waals surface area contributed by atoms with Gasteiger partial charge in [0.2, 0.25) is 0 Å². The number of halogens is 1. The number of furan rings is 1. The van der Waals surface area contributed by atoms with Crippen LogP contribution in [0.25, 0.3) is 0 Å². The van der Waals surface area contributed by atoms with Crippen molar-refractivity contribution in [3.05, 3.63) is 17.6 Å². The van der Waals surface area contributed by atoms with Crippen molar-refractivity contribution in [2.75, 3.05) is 0 Å². The molecule has 118 valence electrons. The van der Waals surface area contributed by atoms with Gasteiger partial charge in [0.05, 0.1) is 0 Å². The quantitative estimate of drug-likeness (QED) is 0.862. The van der Waals surface area contributed by atoms with Crippen LogP contribution in [-0.4, -0.2) is 20.4 Å². The summed E-state index contributed by atoms with van der Waals surface area (Å²) in [5, 5.41) is 2.91. The molecule has 1 aliphatic rings. The molecule has 1 aromatic rings. The molecular formula is C14H20ClNO4S. The fourth-order valence-corrected chi connectivity index (χ4v) is 3.99. The lowest BCUT2D eigenvalue weighted by atomic mass is 9.75. The Morgan fingerprint density at radius 2 is 2.14 bits per heavy atom. The molecule has 0 radical (unpaired) electrons. The van der Waals surface area contributed by atoms with Crippen molar-refractivity contribution in [3.8, 4) is 0 Å². The molecule has 0 bridgehead atoms. The Morgan fingerprint density at radius 3 is 2.67 bits per heavy atom. The van der Waals surface area contributed by atoms with Gasteiger partial charge in [0.15, 0.2) is 5.76 Å². The van der Waals surface area contributed by atoms with Crippen molar-refractivity contribution in [1.82, 2.24) is 5.32 Å².